The molecule has 1 aliphatic heterocycles. The van der Waals surface area contributed by atoms with E-state index < -0.39 is 24.2 Å². The number of amides is 1. The predicted octanol–water partition coefficient (Wildman–Crippen LogP) is 4.60. The average molecular weight is 448 g/mol. The van der Waals surface area contributed by atoms with Gasteiger partial charge in [-0.2, -0.15) is 23.3 Å². The molecular weight excluding hydrogens is 437 g/mol. The Morgan fingerprint density at radius 3 is 2.27 bits per heavy atom. The number of aliphatic hydroxyl groups is 1. The Kier molecular flexibility index (Phi) is 4.85. The summed E-state index contributed by atoms with van der Waals surface area (Å²) in [6.45, 7) is 0. The Morgan fingerprint density at radius 1 is 1.15 bits per heavy atom. The molecule has 1 heterocycles. The minimum absolute atomic E-state index is 0.0306. The summed E-state index contributed by atoms with van der Waals surface area (Å²) in [6.07, 6.45) is -5.96. The average Bonchev–Trinajstić information content (AvgIpc) is 2.94. The summed E-state index contributed by atoms with van der Waals surface area (Å²) in [5.41, 5.74) is -3.18. The first-order valence-corrected chi connectivity index (χ1v) is 8.51. The second kappa shape index (κ2) is 6.68. The van der Waals surface area contributed by atoms with E-state index in [2.05, 4.69) is 21.0 Å². The van der Waals surface area contributed by atoms with Gasteiger partial charge in [-0.1, -0.05) is 39.7 Å². The molecule has 2 aromatic carbocycles. The van der Waals surface area contributed by atoms with Gasteiger partial charge in [0.05, 0.1) is 12.1 Å². The summed E-state index contributed by atoms with van der Waals surface area (Å²) in [5, 5.41) is 14.6. The van der Waals surface area contributed by atoms with Gasteiger partial charge in [0, 0.05) is 15.1 Å². The molecule has 3 rings (SSSR count). The van der Waals surface area contributed by atoms with E-state index in [1.165, 1.54) is 48.5 Å². The van der Waals surface area contributed by atoms with Gasteiger partial charge in [-0.15, -0.1) is 0 Å². The third-order valence-corrected chi connectivity index (χ3v) is 4.68. The SMILES string of the molecule is O=C(c1ccc(Br)cc1)N1N=C(c2ccc(Cl)cc2)C[C@]1(O)C(F)(F)F. The summed E-state index contributed by atoms with van der Waals surface area (Å²) >= 11 is 8.97. The highest BCUT2D eigenvalue weighted by molar-refractivity contribution is 9.10. The first-order valence-electron chi connectivity index (χ1n) is 7.34. The van der Waals surface area contributed by atoms with Crippen molar-refractivity contribution in [2.75, 3.05) is 0 Å². The Labute approximate surface area is 160 Å². The van der Waals surface area contributed by atoms with Crippen molar-refractivity contribution in [2.45, 2.75) is 18.3 Å². The minimum Gasteiger partial charge on any atom is -0.362 e. The van der Waals surface area contributed by atoms with Crippen LogP contribution in [0.4, 0.5) is 13.2 Å². The monoisotopic (exact) mass is 446 g/mol. The van der Waals surface area contributed by atoms with Crippen LogP contribution >= 0.6 is 27.5 Å². The number of benzene rings is 2. The van der Waals surface area contributed by atoms with Gasteiger partial charge in [0.15, 0.2) is 0 Å². The van der Waals surface area contributed by atoms with Crippen molar-refractivity contribution < 1.29 is 23.1 Å². The fraction of sp³-hybridized carbons (Fsp3) is 0.176. The van der Waals surface area contributed by atoms with Gasteiger partial charge in [-0.05, 0) is 42.0 Å². The standard InChI is InChI=1S/C17H11BrClF3N2O2/c18-12-5-1-11(2-6-12)15(25)24-16(26,17(20,21)22)9-14(23-24)10-3-7-13(19)8-4-10/h1-8,26H,9H2/t16-/m0/s1. The number of nitrogens with zero attached hydrogens (tertiary/aromatic N) is 2. The summed E-state index contributed by atoms with van der Waals surface area (Å²) in [6, 6.07) is 11.7. The normalized spacial score (nSPS) is 20.2. The van der Waals surface area contributed by atoms with Crippen LogP contribution < -0.4 is 0 Å². The topological polar surface area (TPSA) is 52.9 Å². The van der Waals surface area contributed by atoms with Gasteiger partial charge in [-0.25, -0.2) is 0 Å². The Balaban J connectivity index is 2.03. The first kappa shape index (κ1) is 18.9. The van der Waals surface area contributed by atoms with Crippen LogP contribution in [0.15, 0.2) is 58.1 Å². The highest BCUT2D eigenvalue weighted by atomic mass is 79.9. The summed E-state index contributed by atoms with van der Waals surface area (Å²) in [5.74, 6) is -1.05. The van der Waals surface area contributed by atoms with E-state index in [9.17, 15) is 23.1 Å². The molecule has 1 atom stereocenters. The number of carbonyl (C=O) groups excluding carboxylic acids is 1. The third kappa shape index (κ3) is 3.36. The number of hydrogen-bond acceptors (Lipinski definition) is 3. The molecule has 1 aliphatic rings. The number of carbonyl (C=O) groups is 1. The van der Waals surface area contributed by atoms with Gasteiger partial charge in [0.2, 0.25) is 0 Å². The van der Waals surface area contributed by atoms with Gasteiger partial charge in [0.1, 0.15) is 0 Å². The molecule has 0 fully saturated rings. The summed E-state index contributed by atoms with van der Waals surface area (Å²) < 4.78 is 41.3. The number of rotatable bonds is 2. The second-order valence-electron chi connectivity index (χ2n) is 5.67. The Hall–Kier alpha value is -1.90. The second-order valence-corrected chi connectivity index (χ2v) is 7.02. The van der Waals surface area contributed by atoms with E-state index >= 15 is 0 Å². The smallest absolute Gasteiger partial charge is 0.362 e. The molecule has 0 aromatic heterocycles. The maximum absolute atomic E-state index is 13.5. The zero-order valence-electron chi connectivity index (χ0n) is 13.0. The molecule has 0 aliphatic carbocycles. The van der Waals surface area contributed by atoms with E-state index in [4.69, 9.17) is 11.6 Å². The molecule has 9 heteroatoms. The van der Waals surface area contributed by atoms with Crippen LogP contribution in [0.2, 0.25) is 5.02 Å². The number of hydrazone groups is 1. The van der Waals surface area contributed by atoms with Gasteiger partial charge >= 0.3 is 6.18 Å². The maximum atomic E-state index is 13.5. The predicted molar refractivity (Wildman–Crippen MR) is 93.9 cm³/mol. The first-order chi connectivity index (χ1) is 12.1. The molecular formula is C17H11BrClF3N2O2. The van der Waals surface area contributed by atoms with Gasteiger partial charge in [-0.3, -0.25) is 4.79 Å². The lowest BCUT2D eigenvalue weighted by Gasteiger charge is -2.32. The lowest BCUT2D eigenvalue weighted by Crippen LogP contribution is -2.56. The molecule has 136 valence electrons. The molecule has 0 radical (unpaired) electrons. The molecule has 0 unspecified atom stereocenters. The molecule has 0 bridgehead atoms. The van der Waals surface area contributed by atoms with Crippen molar-refractivity contribution in [2.24, 2.45) is 5.10 Å². The summed E-state index contributed by atoms with van der Waals surface area (Å²) in [4.78, 5) is 12.6. The number of alkyl halides is 3. The molecule has 1 amide bonds. The molecule has 26 heavy (non-hydrogen) atoms. The fourth-order valence-electron chi connectivity index (χ4n) is 2.50. The third-order valence-electron chi connectivity index (χ3n) is 3.90. The largest absolute Gasteiger partial charge is 0.438 e. The molecule has 0 spiro atoms. The lowest BCUT2D eigenvalue weighted by molar-refractivity contribution is -0.297. The van der Waals surface area contributed by atoms with Crippen molar-refractivity contribution >= 4 is 39.1 Å². The summed E-state index contributed by atoms with van der Waals surface area (Å²) in [7, 11) is 0. The van der Waals surface area contributed by atoms with Crippen LogP contribution in [-0.4, -0.2) is 33.6 Å². The highest BCUT2D eigenvalue weighted by Crippen LogP contribution is 2.42. The fourth-order valence-corrected chi connectivity index (χ4v) is 2.89. The Bertz CT molecular complexity index is 869. The van der Waals surface area contributed by atoms with Crippen LogP contribution in [0.3, 0.4) is 0 Å². The lowest BCUT2D eigenvalue weighted by atomic mass is 10.0. The van der Waals surface area contributed by atoms with E-state index in [0.29, 0.717) is 15.1 Å². The van der Waals surface area contributed by atoms with E-state index in [-0.39, 0.29) is 16.3 Å². The molecule has 2 aromatic rings. The van der Waals surface area contributed by atoms with Crippen molar-refractivity contribution in [1.29, 1.82) is 0 Å². The zero-order chi connectivity index (χ0) is 19.1. The van der Waals surface area contributed by atoms with Crippen molar-refractivity contribution in [3.05, 3.63) is 69.2 Å². The van der Waals surface area contributed by atoms with Crippen LogP contribution in [0.5, 0.6) is 0 Å². The van der Waals surface area contributed by atoms with Crippen molar-refractivity contribution in [3.8, 4) is 0 Å². The van der Waals surface area contributed by atoms with E-state index in [1.807, 2.05) is 0 Å². The molecule has 1 N–H and O–H groups in total. The number of hydrogen-bond donors (Lipinski definition) is 1. The minimum atomic E-state index is -5.09. The Morgan fingerprint density at radius 2 is 1.73 bits per heavy atom. The van der Waals surface area contributed by atoms with Crippen LogP contribution in [-0.2, 0) is 0 Å². The van der Waals surface area contributed by atoms with Crippen LogP contribution in [0.25, 0.3) is 0 Å². The van der Waals surface area contributed by atoms with Crippen molar-refractivity contribution in [3.63, 3.8) is 0 Å². The number of halogens is 5. The van der Waals surface area contributed by atoms with Crippen LogP contribution in [0, 0.1) is 0 Å². The quantitative estimate of drug-likeness (QED) is 0.731. The highest BCUT2D eigenvalue weighted by Gasteiger charge is 2.63. The van der Waals surface area contributed by atoms with E-state index in [1.54, 1.807) is 0 Å². The van der Waals surface area contributed by atoms with Crippen molar-refractivity contribution in [1.82, 2.24) is 5.01 Å². The van der Waals surface area contributed by atoms with Crippen LogP contribution in [0.1, 0.15) is 22.3 Å². The molecule has 0 saturated carbocycles. The molecule has 4 nitrogen and oxygen atoms in total. The maximum Gasteiger partial charge on any atom is 0.438 e. The zero-order valence-corrected chi connectivity index (χ0v) is 15.3. The van der Waals surface area contributed by atoms with Gasteiger partial charge in [0.25, 0.3) is 11.6 Å². The van der Waals surface area contributed by atoms with Gasteiger partial charge < -0.3 is 5.11 Å². The van der Waals surface area contributed by atoms with E-state index in [0.717, 1.165) is 0 Å². The molecule has 0 saturated heterocycles.